The molecule has 3 aromatic heterocycles. The lowest BCUT2D eigenvalue weighted by Crippen LogP contribution is -2.21. The second-order valence-corrected chi connectivity index (χ2v) is 6.74. The van der Waals surface area contributed by atoms with Crippen molar-refractivity contribution in [3.05, 3.63) is 67.3 Å². The standard InChI is InChI=1S/C20H19N5.C2HF3O2/c1-2-10-25-14-17(12-23-25)16-8-9-21-18(11-16)20-22-13-19(24-20)15-6-4-3-5-7-15;3-2(4,5)1(6)7/h3-9,11-14H,2,10H2,1H3,(H,22,24);(H,6,7). The molecule has 0 amide bonds. The van der Waals surface area contributed by atoms with Gasteiger partial charge < -0.3 is 10.1 Å². The Kier molecular flexibility index (Phi) is 7.04. The number of aryl methyl sites for hydroxylation is 1. The number of benzene rings is 1. The second-order valence-electron chi connectivity index (χ2n) is 6.74. The summed E-state index contributed by atoms with van der Waals surface area (Å²) in [6.07, 6.45) is 3.61. The fourth-order valence-corrected chi connectivity index (χ4v) is 2.82. The number of aliphatic carboxylic acids is 1. The Morgan fingerprint density at radius 2 is 1.78 bits per heavy atom. The molecule has 0 saturated heterocycles. The quantitative estimate of drug-likeness (QED) is 0.450. The van der Waals surface area contributed by atoms with Crippen LogP contribution in [-0.2, 0) is 11.3 Å². The van der Waals surface area contributed by atoms with Gasteiger partial charge in [0.2, 0.25) is 0 Å². The van der Waals surface area contributed by atoms with Crippen LogP contribution >= 0.6 is 0 Å². The Hall–Kier alpha value is -3.95. The van der Waals surface area contributed by atoms with Gasteiger partial charge in [-0.15, -0.1) is 0 Å². The van der Waals surface area contributed by atoms with Crippen LogP contribution in [-0.4, -0.2) is 42.0 Å². The summed E-state index contributed by atoms with van der Waals surface area (Å²) < 4.78 is 33.7. The summed E-state index contributed by atoms with van der Waals surface area (Å²) >= 11 is 0. The number of hydrogen-bond donors (Lipinski definition) is 2. The van der Waals surface area contributed by atoms with Gasteiger partial charge >= 0.3 is 12.1 Å². The number of carboxylic acid groups (broad SMARTS) is 1. The van der Waals surface area contributed by atoms with Crippen LogP contribution in [0.3, 0.4) is 0 Å². The molecule has 0 atom stereocenters. The van der Waals surface area contributed by atoms with Crippen LogP contribution in [0.2, 0.25) is 0 Å². The number of aromatic nitrogens is 5. The van der Waals surface area contributed by atoms with Crippen LogP contribution in [0.15, 0.2) is 67.3 Å². The van der Waals surface area contributed by atoms with E-state index in [-0.39, 0.29) is 0 Å². The van der Waals surface area contributed by atoms with Gasteiger partial charge in [0.25, 0.3) is 0 Å². The third kappa shape index (κ3) is 5.81. The molecule has 0 aliphatic carbocycles. The van der Waals surface area contributed by atoms with Crippen molar-refractivity contribution in [2.45, 2.75) is 26.1 Å². The molecule has 0 saturated carbocycles. The minimum Gasteiger partial charge on any atom is -0.475 e. The average Bonchev–Trinajstić information content (AvgIpc) is 3.45. The molecule has 4 aromatic rings. The number of pyridine rings is 1. The highest BCUT2D eigenvalue weighted by Crippen LogP contribution is 2.25. The number of aromatic amines is 1. The number of nitrogens with one attached hydrogen (secondary N) is 1. The van der Waals surface area contributed by atoms with Gasteiger partial charge in [0.15, 0.2) is 5.82 Å². The van der Waals surface area contributed by atoms with Crippen LogP contribution in [0.4, 0.5) is 13.2 Å². The molecule has 32 heavy (non-hydrogen) atoms. The van der Waals surface area contributed by atoms with Crippen molar-refractivity contribution >= 4 is 5.97 Å². The number of imidazole rings is 1. The number of hydrogen-bond acceptors (Lipinski definition) is 4. The Morgan fingerprint density at radius 1 is 1.06 bits per heavy atom. The van der Waals surface area contributed by atoms with Crippen LogP contribution in [0, 0.1) is 0 Å². The van der Waals surface area contributed by atoms with Gasteiger partial charge in [-0.05, 0) is 29.7 Å². The van der Waals surface area contributed by atoms with Crippen LogP contribution in [0.25, 0.3) is 33.9 Å². The molecule has 0 bridgehead atoms. The summed E-state index contributed by atoms with van der Waals surface area (Å²) in [6.45, 7) is 3.07. The molecule has 0 radical (unpaired) electrons. The number of halogens is 3. The summed E-state index contributed by atoms with van der Waals surface area (Å²) in [5.41, 5.74) is 5.09. The predicted octanol–water partition coefficient (Wildman–Crippen LogP) is 5.05. The second kappa shape index (κ2) is 9.90. The molecular weight excluding hydrogens is 423 g/mol. The van der Waals surface area contributed by atoms with E-state index >= 15 is 0 Å². The number of H-pyrrole nitrogens is 1. The normalized spacial score (nSPS) is 11.0. The molecule has 0 unspecified atom stereocenters. The average molecular weight is 443 g/mol. The van der Waals surface area contributed by atoms with E-state index in [1.54, 1.807) is 0 Å². The summed E-state index contributed by atoms with van der Waals surface area (Å²) in [7, 11) is 0. The smallest absolute Gasteiger partial charge is 0.475 e. The Bertz CT molecular complexity index is 1170. The van der Waals surface area contributed by atoms with Gasteiger partial charge in [0, 0.05) is 24.5 Å². The lowest BCUT2D eigenvalue weighted by atomic mass is 10.1. The van der Waals surface area contributed by atoms with Crippen molar-refractivity contribution in [2.24, 2.45) is 0 Å². The van der Waals surface area contributed by atoms with Crippen LogP contribution < -0.4 is 0 Å². The highest BCUT2D eigenvalue weighted by atomic mass is 19.4. The fourth-order valence-electron chi connectivity index (χ4n) is 2.82. The first-order chi connectivity index (χ1) is 15.3. The van der Waals surface area contributed by atoms with E-state index in [0.717, 1.165) is 46.9 Å². The maximum absolute atomic E-state index is 10.6. The van der Waals surface area contributed by atoms with E-state index in [1.165, 1.54) is 0 Å². The van der Waals surface area contributed by atoms with Gasteiger partial charge in [0.05, 0.1) is 18.1 Å². The predicted molar refractivity (Wildman–Crippen MR) is 112 cm³/mol. The molecule has 7 nitrogen and oxygen atoms in total. The van der Waals surface area contributed by atoms with E-state index in [2.05, 4.69) is 45.3 Å². The molecule has 3 heterocycles. The summed E-state index contributed by atoms with van der Waals surface area (Å²) in [6, 6.07) is 14.2. The van der Waals surface area contributed by atoms with Crippen LogP contribution in [0.5, 0.6) is 0 Å². The third-order valence-corrected chi connectivity index (χ3v) is 4.32. The van der Waals surface area contributed by atoms with E-state index in [4.69, 9.17) is 9.90 Å². The van der Waals surface area contributed by atoms with Gasteiger partial charge in [-0.1, -0.05) is 37.3 Å². The molecule has 4 rings (SSSR count). The monoisotopic (exact) mass is 443 g/mol. The van der Waals surface area contributed by atoms with Crippen molar-refractivity contribution in [3.63, 3.8) is 0 Å². The number of rotatable bonds is 5. The zero-order chi connectivity index (χ0) is 23.1. The fraction of sp³-hybridized carbons (Fsp3) is 0.182. The Morgan fingerprint density at radius 3 is 2.44 bits per heavy atom. The molecule has 2 N–H and O–H groups in total. The summed E-state index contributed by atoms with van der Waals surface area (Å²) in [5.74, 6) is -1.99. The number of nitrogens with zero attached hydrogens (tertiary/aromatic N) is 4. The van der Waals surface area contributed by atoms with Gasteiger partial charge in [-0.2, -0.15) is 18.3 Å². The maximum Gasteiger partial charge on any atom is 0.490 e. The lowest BCUT2D eigenvalue weighted by molar-refractivity contribution is -0.192. The molecule has 1 aromatic carbocycles. The lowest BCUT2D eigenvalue weighted by Gasteiger charge is -2.01. The summed E-state index contributed by atoms with van der Waals surface area (Å²) in [5, 5.41) is 11.5. The maximum atomic E-state index is 10.6. The molecule has 0 fully saturated rings. The Labute approximate surface area is 181 Å². The van der Waals surface area contributed by atoms with E-state index in [1.807, 2.05) is 53.6 Å². The van der Waals surface area contributed by atoms with E-state index in [9.17, 15) is 13.2 Å². The highest BCUT2D eigenvalue weighted by Gasteiger charge is 2.38. The zero-order valence-electron chi connectivity index (χ0n) is 17.0. The van der Waals surface area contributed by atoms with Crippen molar-refractivity contribution in [3.8, 4) is 33.9 Å². The van der Waals surface area contributed by atoms with E-state index in [0.29, 0.717) is 0 Å². The minimum atomic E-state index is -5.08. The summed E-state index contributed by atoms with van der Waals surface area (Å²) in [4.78, 5) is 21.2. The highest BCUT2D eigenvalue weighted by molar-refractivity contribution is 5.73. The molecule has 0 spiro atoms. The molecular formula is C22H20F3N5O2. The molecule has 0 aliphatic rings. The van der Waals surface area contributed by atoms with E-state index < -0.39 is 12.1 Å². The van der Waals surface area contributed by atoms with Crippen molar-refractivity contribution in [1.29, 1.82) is 0 Å². The third-order valence-electron chi connectivity index (χ3n) is 4.32. The number of carbonyl (C=O) groups is 1. The number of carboxylic acids is 1. The largest absolute Gasteiger partial charge is 0.490 e. The minimum absolute atomic E-state index is 0.765. The zero-order valence-corrected chi connectivity index (χ0v) is 17.0. The van der Waals surface area contributed by atoms with Crippen molar-refractivity contribution in [1.82, 2.24) is 24.7 Å². The molecule has 0 aliphatic heterocycles. The molecule has 10 heteroatoms. The first-order valence-electron chi connectivity index (χ1n) is 9.67. The molecule has 166 valence electrons. The SMILES string of the molecule is CCCn1cc(-c2ccnc(-c3ncc(-c4ccccc4)[nH]3)c2)cn1.O=C(O)C(F)(F)F. The first kappa shape index (κ1) is 22.7. The van der Waals surface area contributed by atoms with Gasteiger partial charge in [-0.3, -0.25) is 9.67 Å². The Balaban J connectivity index is 0.000000360. The van der Waals surface area contributed by atoms with Gasteiger partial charge in [-0.25, -0.2) is 9.78 Å². The van der Waals surface area contributed by atoms with Crippen molar-refractivity contribution in [2.75, 3.05) is 0 Å². The number of alkyl halides is 3. The first-order valence-corrected chi connectivity index (χ1v) is 9.67. The van der Waals surface area contributed by atoms with Crippen molar-refractivity contribution < 1.29 is 23.1 Å². The topological polar surface area (TPSA) is 96.7 Å². The van der Waals surface area contributed by atoms with Crippen LogP contribution in [0.1, 0.15) is 13.3 Å². The van der Waals surface area contributed by atoms with Gasteiger partial charge in [0.1, 0.15) is 5.69 Å².